The number of ether oxygens (including phenoxy) is 1. The molecule has 1 N–H and O–H groups in total. The Morgan fingerprint density at radius 2 is 2.15 bits per heavy atom. The van der Waals surface area contributed by atoms with Gasteiger partial charge < -0.3 is 9.30 Å². The monoisotopic (exact) mass is 390 g/mol. The smallest absolute Gasteiger partial charge is 0.232 e. The number of benzene rings is 1. The van der Waals surface area contributed by atoms with Gasteiger partial charge in [0.1, 0.15) is 0 Å². The van der Waals surface area contributed by atoms with Crippen molar-refractivity contribution in [3.05, 3.63) is 52.3 Å². The molecule has 0 aliphatic carbocycles. The number of hydrogen-bond donors (Lipinski definition) is 1. The van der Waals surface area contributed by atoms with Crippen LogP contribution in [0.3, 0.4) is 0 Å². The molecule has 1 aromatic carbocycles. The number of pyridine rings is 1. The van der Waals surface area contributed by atoms with E-state index in [9.17, 15) is 4.79 Å². The summed E-state index contributed by atoms with van der Waals surface area (Å²) in [6, 6.07) is 7.18. The van der Waals surface area contributed by atoms with Gasteiger partial charge in [-0.3, -0.25) is 15.1 Å². The van der Waals surface area contributed by atoms with Crippen LogP contribution in [0.1, 0.15) is 18.1 Å². The molecule has 1 aliphatic rings. The lowest BCUT2D eigenvalue weighted by molar-refractivity contribution is -0.121. The fourth-order valence-corrected chi connectivity index (χ4v) is 3.55. The van der Waals surface area contributed by atoms with Gasteiger partial charge in [0.25, 0.3) is 0 Å². The summed E-state index contributed by atoms with van der Waals surface area (Å²) in [6.07, 6.45) is 3.77. The van der Waals surface area contributed by atoms with E-state index >= 15 is 0 Å². The van der Waals surface area contributed by atoms with Crippen molar-refractivity contribution in [1.29, 1.82) is 0 Å². The SMILES string of the molecule is Cn1c(NC(=O)[C@H]2CCO[C@@H]2c2cccnc2)nc2cc(Cl)c(Cl)cc21. The van der Waals surface area contributed by atoms with E-state index in [0.717, 1.165) is 11.1 Å². The van der Waals surface area contributed by atoms with E-state index in [4.69, 9.17) is 27.9 Å². The first-order valence-electron chi connectivity index (χ1n) is 8.18. The van der Waals surface area contributed by atoms with Gasteiger partial charge in [-0.25, -0.2) is 4.98 Å². The number of nitrogens with zero attached hydrogens (tertiary/aromatic N) is 3. The third-order valence-electron chi connectivity index (χ3n) is 4.60. The number of aromatic nitrogens is 3. The number of hydrogen-bond acceptors (Lipinski definition) is 4. The van der Waals surface area contributed by atoms with Gasteiger partial charge in [0.2, 0.25) is 11.9 Å². The summed E-state index contributed by atoms with van der Waals surface area (Å²) in [5.41, 5.74) is 2.36. The summed E-state index contributed by atoms with van der Waals surface area (Å²) in [4.78, 5) is 21.4. The molecular weight excluding hydrogens is 375 g/mol. The Morgan fingerprint density at radius 1 is 1.35 bits per heavy atom. The first kappa shape index (κ1) is 17.3. The molecule has 26 heavy (non-hydrogen) atoms. The van der Waals surface area contributed by atoms with Crippen LogP contribution in [-0.4, -0.2) is 27.0 Å². The van der Waals surface area contributed by atoms with Gasteiger partial charge in [-0.15, -0.1) is 0 Å². The largest absolute Gasteiger partial charge is 0.373 e. The maximum Gasteiger partial charge on any atom is 0.232 e. The van der Waals surface area contributed by atoms with Gasteiger partial charge in [0.15, 0.2) is 0 Å². The Balaban J connectivity index is 1.60. The molecule has 0 radical (unpaired) electrons. The van der Waals surface area contributed by atoms with Crippen LogP contribution >= 0.6 is 23.2 Å². The number of carbonyl (C=O) groups is 1. The molecule has 2 aromatic heterocycles. The van der Waals surface area contributed by atoms with Crippen LogP contribution in [0, 0.1) is 5.92 Å². The molecule has 3 aromatic rings. The van der Waals surface area contributed by atoms with Crippen molar-refractivity contribution >= 4 is 46.1 Å². The van der Waals surface area contributed by atoms with Gasteiger partial charge in [0, 0.05) is 26.0 Å². The lowest BCUT2D eigenvalue weighted by Gasteiger charge is -2.18. The van der Waals surface area contributed by atoms with E-state index in [1.807, 2.05) is 19.2 Å². The first-order valence-corrected chi connectivity index (χ1v) is 8.94. The van der Waals surface area contributed by atoms with Crippen LogP contribution < -0.4 is 5.32 Å². The number of halogens is 2. The maximum atomic E-state index is 12.8. The second-order valence-corrected chi connectivity index (χ2v) is 7.03. The highest BCUT2D eigenvalue weighted by molar-refractivity contribution is 6.42. The van der Waals surface area contributed by atoms with Crippen molar-refractivity contribution < 1.29 is 9.53 Å². The van der Waals surface area contributed by atoms with Crippen LogP contribution in [0.5, 0.6) is 0 Å². The molecule has 6 nitrogen and oxygen atoms in total. The van der Waals surface area contributed by atoms with Crippen molar-refractivity contribution in [2.45, 2.75) is 12.5 Å². The van der Waals surface area contributed by atoms with Crippen LogP contribution in [0.2, 0.25) is 10.0 Å². The van der Waals surface area contributed by atoms with Crippen molar-refractivity contribution in [2.75, 3.05) is 11.9 Å². The van der Waals surface area contributed by atoms with Gasteiger partial charge >= 0.3 is 0 Å². The van der Waals surface area contributed by atoms with Crippen molar-refractivity contribution in [3.63, 3.8) is 0 Å². The Kier molecular flexibility index (Phi) is 4.56. The quantitative estimate of drug-likeness (QED) is 0.733. The minimum atomic E-state index is -0.303. The summed E-state index contributed by atoms with van der Waals surface area (Å²) in [6.45, 7) is 0.533. The molecular formula is C18H16Cl2N4O2. The van der Waals surface area contributed by atoms with Crippen molar-refractivity contribution in [2.24, 2.45) is 13.0 Å². The number of carbonyl (C=O) groups excluding carboxylic acids is 1. The lowest BCUT2D eigenvalue weighted by atomic mass is 9.95. The highest BCUT2D eigenvalue weighted by Crippen LogP contribution is 2.35. The topological polar surface area (TPSA) is 69.0 Å². The highest BCUT2D eigenvalue weighted by Gasteiger charge is 2.35. The molecule has 2 atom stereocenters. The molecule has 8 heteroatoms. The number of aryl methyl sites for hydroxylation is 1. The molecule has 0 spiro atoms. The fourth-order valence-electron chi connectivity index (χ4n) is 3.23. The van der Waals surface area contributed by atoms with Gasteiger partial charge in [-0.05, 0) is 30.2 Å². The average Bonchev–Trinajstić information content (AvgIpc) is 3.23. The maximum absolute atomic E-state index is 12.8. The molecule has 1 aliphatic heterocycles. The predicted octanol–water partition coefficient (Wildman–Crippen LogP) is 3.99. The van der Waals surface area contributed by atoms with E-state index in [1.165, 1.54) is 0 Å². The van der Waals surface area contributed by atoms with Crippen LogP contribution in [0.25, 0.3) is 11.0 Å². The summed E-state index contributed by atoms with van der Waals surface area (Å²) < 4.78 is 7.55. The Morgan fingerprint density at radius 3 is 2.92 bits per heavy atom. The van der Waals surface area contributed by atoms with Crippen LogP contribution in [-0.2, 0) is 16.6 Å². The summed E-state index contributed by atoms with van der Waals surface area (Å²) in [5.74, 6) is 0.0123. The molecule has 0 unspecified atom stereocenters. The highest BCUT2D eigenvalue weighted by atomic mass is 35.5. The normalized spacial score (nSPS) is 19.8. The third kappa shape index (κ3) is 3.05. The second kappa shape index (κ2) is 6.87. The Bertz CT molecular complexity index is 974. The zero-order valence-corrected chi connectivity index (χ0v) is 15.5. The van der Waals surface area contributed by atoms with Crippen LogP contribution in [0.15, 0.2) is 36.7 Å². The second-order valence-electron chi connectivity index (χ2n) is 6.21. The van der Waals surface area contributed by atoms with E-state index < -0.39 is 0 Å². The number of nitrogens with one attached hydrogen (secondary N) is 1. The molecule has 134 valence electrons. The summed E-state index contributed by atoms with van der Waals surface area (Å²) >= 11 is 12.1. The fraction of sp³-hybridized carbons (Fsp3) is 0.278. The molecule has 1 amide bonds. The predicted molar refractivity (Wildman–Crippen MR) is 100 cm³/mol. The zero-order valence-electron chi connectivity index (χ0n) is 13.9. The molecule has 0 bridgehead atoms. The first-order chi connectivity index (χ1) is 12.5. The van der Waals surface area contributed by atoms with E-state index in [2.05, 4.69) is 15.3 Å². The van der Waals surface area contributed by atoms with E-state index in [1.54, 1.807) is 29.1 Å². The van der Waals surface area contributed by atoms with Crippen LogP contribution in [0.4, 0.5) is 5.95 Å². The summed E-state index contributed by atoms with van der Waals surface area (Å²) in [5, 5.41) is 3.78. The lowest BCUT2D eigenvalue weighted by Crippen LogP contribution is -2.26. The van der Waals surface area contributed by atoms with Crippen molar-refractivity contribution in [3.8, 4) is 0 Å². The Labute approximate surface area is 160 Å². The number of anilines is 1. The van der Waals surface area contributed by atoms with E-state index in [-0.39, 0.29) is 17.9 Å². The molecule has 1 saturated heterocycles. The Hall–Kier alpha value is -2.15. The third-order valence-corrected chi connectivity index (χ3v) is 5.32. The molecule has 1 fully saturated rings. The zero-order chi connectivity index (χ0) is 18.3. The molecule has 0 saturated carbocycles. The van der Waals surface area contributed by atoms with Gasteiger partial charge in [-0.2, -0.15) is 0 Å². The molecule has 3 heterocycles. The van der Waals surface area contributed by atoms with Gasteiger partial charge in [0.05, 0.1) is 33.1 Å². The number of amides is 1. The summed E-state index contributed by atoms with van der Waals surface area (Å²) in [7, 11) is 1.82. The van der Waals surface area contributed by atoms with E-state index in [0.29, 0.717) is 34.5 Å². The number of rotatable bonds is 3. The van der Waals surface area contributed by atoms with Gasteiger partial charge in [-0.1, -0.05) is 29.3 Å². The minimum Gasteiger partial charge on any atom is -0.373 e. The standard InChI is InChI=1S/C18H16Cl2N4O2/c1-24-15-8-13(20)12(19)7-14(15)22-18(24)23-17(25)11-4-6-26-16(11)10-3-2-5-21-9-10/h2-3,5,7-9,11,16H,4,6H2,1H3,(H,22,23,25)/t11-,16+/m0/s1. The average molecular weight is 391 g/mol. The minimum absolute atomic E-state index is 0.132. The number of imidazole rings is 1. The van der Waals surface area contributed by atoms with Crippen molar-refractivity contribution in [1.82, 2.24) is 14.5 Å². The molecule has 4 rings (SSSR count). The number of fused-ring (bicyclic) bond motifs is 1.